The molecule has 0 heterocycles. The lowest BCUT2D eigenvalue weighted by molar-refractivity contribution is 0.102. The number of hydrogen-bond acceptors (Lipinski definition) is 1. The minimum atomic E-state index is 0.0388. The molecule has 2 rings (SSSR count). The average molecular weight is 318 g/mol. The molecule has 2 fully saturated rings. The maximum Gasteiger partial charge on any atom is 0.0689 e. The van der Waals surface area contributed by atoms with Crippen LogP contribution in [-0.4, -0.2) is 0 Å². The van der Waals surface area contributed by atoms with Crippen LogP contribution in [0, 0.1) is 34.5 Å². The van der Waals surface area contributed by atoms with Gasteiger partial charge in [0.15, 0.2) is 0 Å². The first-order chi connectivity index (χ1) is 11.2. The van der Waals surface area contributed by atoms with Gasteiger partial charge in [-0.25, -0.2) is 0 Å². The third kappa shape index (κ3) is 5.51. The highest BCUT2D eigenvalue weighted by Gasteiger charge is 2.39. The van der Waals surface area contributed by atoms with Crippen LogP contribution >= 0.6 is 0 Å². The molecule has 132 valence electrons. The van der Waals surface area contributed by atoms with Crippen molar-refractivity contribution in [2.24, 2.45) is 23.2 Å². The molecule has 2 unspecified atom stereocenters. The number of rotatable bonds is 8. The molecule has 0 N–H and O–H groups in total. The van der Waals surface area contributed by atoms with Crippen LogP contribution in [0.15, 0.2) is 0 Å². The number of unbranched alkanes of at least 4 members (excludes halogenated alkanes) is 3. The quantitative estimate of drug-likeness (QED) is 0.432. The van der Waals surface area contributed by atoms with Crippen molar-refractivity contribution in [3.63, 3.8) is 0 Å². The summed E-state index contributed by atoms with van der Waals surface area (Å²) < 4.78 is 0. The normalized spacial score (nSPS) is 34.9. The molecule has 2 saturated carbocycles. The molecule has 1 nitrogen and oxygen atoms in total. The smallest absolute Gasteiger partial charge is 0.0689 e. The summed E-state index contributed by atoms with van der Waals surface area (Å²) >= 11 is 0. The lowest BCUT2D eigenvalue weighted by atomic mass is 9.62. The predicted octanol–water partition coefficient (Wildman–Crippen LogP) is 7.26. The monoisotopic (exact) mass is 317 g/mol. The minimum Gasteiger partial charge on any atom is -0.198 e. The molecule has 0 aromatic carbocycles. The Labute approximate surface area is 145 Å². The highest BCUT2D eigenvalue weighted by molar-refractivity contribution is 5.03. The first kappa shape index (κ1) is 18.8. The molecule has 0 bridgehead atoms. The SMILES string of the molecule is CCCCCC1(C#N)CCCC(C2CCC(CCCC)CC2)C1. The fourth-order valence-corrected chi connectivity index (χ4v) is 5.35. The van der Waals surface area contributed by atoms with Gasteiger partial charge >= 0.3 is 0 Å². The summed E-state index contributed by atoms with van der Waals surface area (Å²) in [6.07, 6.45) is 20.2. The van der Waals surface area contributed by atoms with E-state index < -0.39 is 0 Å². The van der Waals surface area contributed by atoms with Gasteiger partial charge in [-0.2, -0.15) is 5.26 Å². The van der Waals surface area contributed by atoms with E-state index in [4.69, 9.17) is 0 Å². The summed E-state index contributed by atoms with van der Waals surface area (Å²) in [5.74, 6) is 2.81. The highest BCUT2D eigenvalue weighted by atomic mass is 14.5. The van der Waals surface area contributed by atoms with Gasteiger partial charge < -0.3 is 0 Å². The fourth-order valence-electron chi connectivity index (χ4n) is 5.35. The van der Waals surface area contributed by atoms with Crippen LogP contribution in [0.3, 0.4) is 0 Å². The van der Waals surface area contributed by atoms with Crippen molar-refractivity contribution in [3.8, 4) is 6.07 Å². The van der Waals surface area contributed by atoms with E-state index in [1.54, 1.807) is 0 Å². The Morgan fingerprint density at radius 3 is 2.30 bits per heavy atom. The Morgan fingerprint density at radius 2 is 1.65 bits per heavy atom. The van der Waals surface area contributed by atoms with Crippen molar-refractivity contribution in [1.82, 2.24) is 0 Å². The van der Waals surface area contributed by atoms with Gasteiger partial charge in [-0.3, -0.25) is 0 Å². The van der Waals surface area contributed by atoms with Crippen LogP contribution < -0.4 is 0 Å². The fraction of sp³-hybridized carbons (Fsp3) is 0.955. The van der Waals surface area contributed by atoms with E-state index in [9.17, 15) is 5.26 Å². The Morgan fingerprint density at radius 1 is 0.913 bits per heavy atom. The zero-order chi connectivity index (χ0) is 16.5. The molecule has 0 saturated heterocycles. The van der Waals surface area contributed by atoms with E-state index in [0.29, 0.717) is 0 Å². The van der Waals surface area contributed by atoms with Crippen LogP contribution in [0.25, 0.3) is 0 Å². The summed E-state index contributed by atoms with van der Waals surface area (Å²) in [5.41, 5.74) is 0.0388. The first-order valence-electron chi connectivity index (χ1n) is 10.6. The summed E-state index contributed by atoms with van der Waals surface area (Å²) in [7, 11) is 0. The Hall–Kier alpha value is -0.510. The Kier molecular flexibility index (Phi) is 7.94. The van der Waals surface area contributed by atoms with Gasteiger partial charge in [-0.15, -0.1) is 0 Å². The molecule has 0 radical (unpaired) electrons. The average Bonchev–Trinajstić information content (AvgIpc) is 2.61. The second kappa shape index (κ2) is 9.71. The summed E-state index contributed by atoms with van der Waals surface area (Å²) in [6, 6.07) is 2.78. The van der Waals surface area contributed by atoms with Crippen LogP contribution in [-0.2, 0) is 0 Å². The van der Waals surface area contributed by atoms with Crippen molar-refractivity contribution in [2.45, 2.75) is 110 Å². The molecule has 2 aliphatic carbocycles. The molecule has 0 amide bonds. The van der Waals surface area contributed by atoms with Crippen LogP contribution in [0.1, 0.15) is 110 Å². The van der Waals surface area contributed by atoms with Crippen molar-refractivity contribution >= 4 is 0 Å². The molecule has 0 aliphatic heterocycles. The predicted molar refractivity (Wildman–Crippen MR) is 99.1 cm³/mol. The molecule has 1 heteroatoms. The topological polar surface area (TPSA) is 23.8 Å². The molecular formula is C22H39N. The lowest BCUT2D eigenvalue weighted by Gasteiger charge is -2.42. The van der Waals surface area contributed by atoms with Crippen molar-refractivity contribution in [1.29, 1.82) is 5.26 Å². The lowest BCUT2D eigenvalue weighted by Crippen LogP contribution is -2.32. The largest absolute Gasteiger partial charge is 0.198 e. The van der Waals surface area contributed by atoms with Gasteiger partial charge in [0.25, 0.3) is 0 Å². The van der Waals surface area contributed by atoms with E-state index >= 15 is 0 Å². The van der Waals surface area contributed by atoms with Gasteiger partial charge in [0, 0.05) is 0 Å². The van der Waals surface area contributed by atoms with E-state index in [2.05, 4.69) is 19.9 Å². The molecule has 0 aromatic rings. The summed E-state index contributed by atoms with van der Waals surface area (Å²) in [4.78, 5) is 0. The highest BCUT2D eigenvalue weighted by Crippen LogP contribution is 2.48. The molecular weight excluding hydrogens is 278 g/mol. The molecule has 0 spiro atoms. The molecule has 2 atom stereocenters. The number of nitrogens with zero attached hydrogens (tertiary/aromatic N) is 1. The Bertz CT molecular complexity index is 361. The minimum absolute atomic E-state index is 0.0388. The third-order valence-electron chi connectivity index (χ3n) is 6.90. The van der Waals surface area contributed by atoms with E-state index in [1.165, 1.54) is 96.3 Å². The van der Waals surface area contributed by atoms with Gasteiger partial charge in [-0.1, -0.05) is 78.1 Å². The van der Waals surface area contributed by atoms with Crippen LogP contribution in [0.4, 0.5) is 0 Å². The summed E-state index contributed by atoms with van der Waals surface area (Å²) in [6.45, 7) is 4.58. The number of hydrogen-bond donors (Lipinski definition) is 0. The van der Waals surface area contributed by atoms with Crippen LogP contribution in [0.2, 0.25) is 0 Å². The molecule has 0 aromatic heterocycles. The second-order valence-corrected chi connectivity index (χ2v) is 8.63. The maximum atomic E-state index is 9.85. The van der Waals surface area contributed by atoms with Crippen LogP contribution in [0.5, 0.6) is 0 Å². The first-order valence-corrected chi connectivity index (χ1v) is 10.6. The van der Waals surface area contributed by atoms with Gasteiger partial charge in [0.1, 0.15) is 0 Å². The zero-order valence-corrected chi connectivity index (χ0v) is 15.8. The standard InChI is InChI=1S/C22H39N/c1-3-5-7-15-22(18-23)16-8-10-21(17-22)20-13-11-19(12-14-20)9-6-4-2/h19-21H,3-17H2,1-2H3. The molecule has 23 heavy (non-hydrogen) atoms. The number of nitriles is 1. The van der Waals surface area contributed by atoms with E-state index in [0.717, 1.165) is 17.8 Å². The molecule has 2 aliphatic rings. The van der Waals surface area contributed by atoms with E-state index in [1.807, 2.05) is 0 Å². The zero-order valence-electron chi connectivity index (χ0n) is 15.8. The van der Waals surface area contributed by atoms with Crippen molar-refractivity contribution < 1.29 is 0 Å². The van der Waals surface area contributed by atoms with Crippen molar-refractivity contribution in [2.75, 3.05) is 0 Å². The van der Waals surface area contributed by atoms with Gasteiger partial charge in [0.2, 0.25) is 0 Å². The Balaban J connectivity index is 1.82. The second-order valence-electron chi connectivity index (χ2n) is 8.63. The van der Waals surface area contributed by atoms with Gasteiger partial charge in [0.05, 0.1) is 11.5 Å². The van der Waals surface area contributed by atoms with Crippen molar-refractivity contribution in [3.05, 3.63) is 0 Å². The van der Waals surface area contributed by atoms with E-state index in [-0.39, 0.29) is 5.41 Å². The summed E-state index contributed by atoms with van der Waals surface area (Å²) in [5, 5.41) is 9.85. The van der Waals surface area contributed by atoms with Gasteiger partial charge in [-0.05, 0) is 49.9 Å². The third-order valence-corrected chi connectivity index (χ3v) is 6.90. The maximum absolute atomic E-state index is 9.85.